The summed E-state index contributed by atoms with van der Waals surface area (Å²) >= 11 is 0. The number of rotatable bonds is 4. The van der Waals surface area contributed by atoms with Gasteiger partial charge in [0.2, 0.25) is 17.7 Å². The molecule has 3 amide bonds. The maximum Gasteiger partial charge on any atom is 0.265 e. The van der Waals surface area contributed by atoms with Crippen molar-refractivity contribution in [2.45, 2.75) is 50.0 Å². The summed E-state index contributed by atoms with van der Waals surface area (Å²) in [5, 5.41) is 17.9. The van der Waals surface area contributed by atoms with Gasteiger partial charge in [-0.3, -0.25) is 14.4 Å². The molecule has 0 spiro atoms. The van der Waals surface area contributed by atoms with Crippen LogP contribution in [0.3, 0.4) is 0 Å². The zero-order valence-electron chi connectivity index (χ0n) is 20.2. The van der Waals surface area contributed by atoms with Gasteiger partial charge in [0.15, 0.2) is 0 Å². The lowest BCUT2D eigenvalue weighted by Crippen LogP contribution is -2.53. The van der Waals surface area contributed by atoms with Crippen LogP contribution in [0.5, 0.6) is 0 Å². The van der Waals surface area contributed by atoms with Gasteiger partial charge >= 0.3 is 0 Å². The predicted octanol–water partition coefficient (Wildman–Crippen LogP) is 3.40. The van der Waals surface area contributed by atoms with Crippen LogP contribution < -0.4 is 16.0 Å². The Hall–Kier alpha value is -4.00. The highest BCUT2D eigenvalue weighted by Crippen LogP contribution is 2.37. The van der Waals surface area contributed by atoms with Crippen molar-refractivity contribution in [1.29, 1.82) is 5.26 Å². The number of hydrogen-bond donors (Lipinski definition) is 3. The number of carbonyl (C=O) groups is 3. The number of aryl methyl sites for hydroxylation is 1. The molecule has 10 heteroatoms. The Balaban J connectivity index is 1.34. The van der Waals surface area contributed by atoms with E-state index < -0.39 is 49.2 Å². The van der Waals surface area contributed by atoms with Crippen molar-refractivity contribution >= 4 is 29.1 Å². The summed E-state index contributed by atoms with van der Waals surface area (Å²) in [6.07, 6.45) is 1.34. The lowest BCUT2D eigenvalue weighted by Gasteiger charge is -2.36. The van der Waals surface area contributed by atoms with Gasteiger partial charge in [0, 0.05) is 30.8 Å². The SMILES string of the molecule is N#CC1CCC(F)(F)CN1C(=O)CNC(=O)C1CC(=O)Nc2ccc(-c3ccc4c(c3)CCCN4)cc21. The van der Waals surface area contributed by atoms with Crippen LogP contribution in [0.15, 0.2) is 36.4 Å². The molecule has 37 heavy (non-hydrogen) atoms. The third-order valence-corrected chi connectivity index (χ3v) is 7.23. The number of piperidine rings is 1. The smallest absolute Gasteiger partial charge is 0.265 e. The zero-order chi connectivity index (χ0) is 26.2. The molecule has 2 unspecified atom stereocenters. The summed E-state index contributed by atoms with van der Waals surface area (Å²) in [6.45, 7) is -0.437. The Morgan fingerprint density at radius 1 is 1.16 bits per heavy atom. The van der Waals surface area contributed by atoms with Crippen LogP contribution in [0, 0.1) is 11.3 Å². The molecule has 0 aromatic heterocycles. The van der Waals surface area contributed by atoms with E-state index >= 15 is 0 Å². The number of carbonyl (C=O) groups excluding carboxylic acids is 3. The van der Waals surface area contributed by atoms with Crippen LogP contribution >= 0.6 is 0 Å². The van der Waals surface area contributed by atoms with Crippen molar-refractivity contribution in [3.63, 3.8) is 0 Å². The number of benzene rings is 2. The van der Waals surface area contributed by atoms with Crippen molar-refractivity contribution in [2.24, 2.45) is 0 Å². The van der Waals surface area contributed by atoms with Crippen molar-refractivity contribution in [3.8, 4) is 17.2 Å². The molecule has 3 heterocycles. The highest BCUT2D eigenvalue weighted by Gasteiger charge is 2.42. The van der Waals surface area contributed by atoms with Crippen LogP contribution in [0.4, 0.5) is 20.2 Å². The van der Waals surface area contributed by atoms with Crippen molar-refractivity contribution < 1.29 is 23.2 Å². The summed E-state index contributed by atoms with van der Waals surface area (Å²) in [5.74, 6) is -5.54. The van der Waals surface area contributed by atoms with Gasteiger partial charge in [0.25, 0.3) is 5.92 Å². The fourth-order valence-corrected chi connectivity index (χ4v) is 5.26. The van der Waals surface area contributed by atoms with Gasteiger partial charge in [-0.05, 0) is 65.8 Å². The minimum Gasteiger partial charge on any atom is -0.385 e. The topological polar surface area (TPSA) is 114 Å². The van der Waals surface area contributed by atoms with E-state index in [2.05, 4.69) is 22.0 Å². The standard InChI is InChI=1S/C27H27F2N5O3/c28-27(29)8-7-19(13-30)34(15-27)25(36)14-32-26(37)21-12-24(35)33-23-6-4-17(11-20(21)23)16-3-5-22-18(10-16)2-1-9-31-22/h3-6,10-11,19,21,31H,1-2,7-9,12,14-15H2,(H,32,37)(H,33,35). The van der Waals surface area contributed by atoms with Gasteiger partial charge in [-0.2, -0.15) is 5.26 Å². The number of nitriles is 1. The summed E-state index contributed by atoms with van der Waals surface area (Å²) in [5.41, 5.74) is 5.37. The quantitative estimate of drug-likeness (QED) is 0.587. The highest BCUT2D eigenvalue weighted by atomic mass is 19.3. The van der Waals surface area contributed by atoms with Gasteiger partial charge in [-0.1, -0.05) is 12.1 Å². The molecule has 5 rings (SSSR count). The molecule has 3 aliphatic heterocycles. The van der Waals surface area contributed by atoms with Crippen LogP contribution in [-0.2, 0) is 20.8 Å². The molecule has 8 nitrogen and oxygen atoms in total. The fraction of sp³-hybridized carbons (Fsp3) is 0.407. The van der Waals surface area contributed by atoms with Crippen molar-refractivity contribution in [2.75, 3.05) is 30.3 Å². The molecule has 0 bridgehead atoms. The van der Waals surface area contributed by atoms with E-state index in [0.29, 0.717) is 11.3 Å². The molecule has 1 fully saturated rings. The molecule has 0 saturated carbocycles. The van der Waals surface area contributed by atoms with Crippen molar-refractivity contribution in [1.82, 2.24) is 10.2 Å². The Morgan fingerprint density at radius 2 is 1.92 bits per heavy atom. The van der Waals surface area contributed by atoms with Gasteiger partial charge in [-0.15, -0.1) is 0 Å². The third kappa shape index (κ3) is 5.12. The van der Waals surface area contributed by atoms with E-state index in [1.54, 1.807) is 6.07 Å². The van der Waals surface area contributed by atoms with E-state index in [-0.39, 0.29) is 18.7 Å². The minimum absolute atomic E-state index is 0.104. The van der Waals surface area contributed by atoms with E-state index in [4.69, 9.17) is 0 Å². The second-order valence-corrected chi connectivity index (χ2v) is 9.79. The summed E-state index contributed by atoms with van der Waals surface area (Å²) in [6, 6.07) is 12.6. The normalized spacial score (nSPS) is 22.0. The second-order valence-electron chi connectivity index (χ2n) is 9.79. The monoisotopic (exact) mass is 507 g/mol. The first kappa shape index (κ1) is 24.7. The number of hydrogen-bond acceptors (Lipinski definition) is 5. The average molecular weight is 508 g/mol. The maximum atomic E-state index is 13.9. The predicted molar refractivity (Wildman–Crippen MR) is 133 cm³/mol. The van der Waals surface area contributed by atoms with E-state index in [9.17, 15) is 28.4 Å². The number of nitrogens with one attached hydrogen (secondary N) is 3. The number of anilines is 2. The van der Waals surface area contributed by atoms with Crippen LogP contribution in [0.1, 0.15) is 42.7 Å². The average Bonchev–Trinajstić information content (AvgIpc) is 2.90. The summed E-state index contributed by atoms with van der Waals surface area (Å²) < 4.78 is 27.7. The lowest BCUT2D eigenvalue weighted by molar-refractivity contribution is -0.144. The number of fused-ring (bicyclic) bond motifs is 2. The molecular formula is C27H27F2N5O3. The molecule has 192 valence electrons. The Labute approximate surface area is 213 Å². The first-order valence-corrected chi connectivity index (χ1v) is 12.4. The molecule has 2 aromatic carbocycles. The minimum atomic E-state index is -3.07. The first-order chi connectivity index (χ1) is 17.7. The molecular weight excluding hydrogens is 480 g/mol. The van der Waals surface area contributed by atoms with Gasteiger partial charge in [-0.25, -0.2) is 8.78 Å². The van der Waals surface area contributed by atoms with E-state index in [0.717, 1.165) is 41.1 Å². The number of alkyl halides is 2. The molecule has 3 N–H and O–H groups in total. The number of halogens is 2. The zero-order valence-corrected chi connectivity index (χ0v) is 20.2. The summed E-state index contributed by atoms with van der Waals surface area (Å²) in [7, 11) is 0. The van der Waals surface area contributed by atoms with Crippen LogP contribution in [0.25, 0.3) is 11.1 Å². The summed E-state index contributed by atoms with van der Waals surface area (Å²) in [4.78, 5) is 38.9. The van der Waals surface area contributed by atoms with Crippen LogP contribution in [-0.4, -0.2) is 54.2 Å². The van der Waals surface area contributed by atoms with Gasteiger partial charge in [0.1, 0.15) is 6.04 Å². The molecule has 0 aliphatic carbocycles. The Morgan fingerprint density at radius 3 is 2.70 bits per heavy atom. The van der Waals surface area contributed by atoms with E-state index in [1.807, 2.05) is 30.3 Å². The molecule has 2 atom stereocenters. The Kier molecular flexibility index (Phi) is 6.54. The number of nitrogens with zero attached hydrogens (tertiary/aromatic N) is 2. The lowest BCUT2D eigenvalue weighted by atomic mass is 9.87. The highest BCUT2D eigenvalue weighted by molar-refractivity contribution is 6.02. The van der Waals surface area contributed by atoms with Crippen molar-refractivity contribution in [3.05, 3.63) is 47.5 Å². The molecule has 1 saturated heterocycles. The molecule has 2 aromatic rings. The Bertz CT molecular complexity index is 1310. The maximum absolute atomic E-state index is 13.9. The molecule has 0 radical (unpaired) electrons. The van der Waals surface area contributed by atoms with Crippen LogP contribution in [0.2, 0.25) is 0 Å². The third-order valence-electron chi connectivity index (χ3n) is 7.23. The number of likely N-dealkylation sites (tertiary alicyclic amines) is 1. The number of amides is 3. The van der Waals surface area contributed by atoms with E-state index in [1.165, 1.54) is 5.56 Å². The molecule has 3 aliphatic rings. The largest absolute Gasteiger partial charge is 0.385 e. The van der Waals surface area contributed by atoms with Gasteiger partial charge in [0.05, 0.1) is 25.1 Å². The van der Waals surface area contributed by atoms with Gasteiger partial charge < -0.3 is 20.9 Å². The second kappa shape index (κ2) is 9.81. The fourth-order valence-electron chi connectivity index (χ4n) is 5.26. The first-order valence-electron chi connectivity index (χ1n) is 12.4.